The Kier molecular flexibility index (Phi) is 4.40. The monoisotopic (exact) mass is 255 g/mol. The number of carbonyl (C=O) groups is 2. The molecule has 0 aliphatic heterocycles. The molecule has 4 nitrogen and oxygen atoms in total. The maximum atomic E-state index is 11.9. The number of aromatic nitrogens is 1. The van der Waals surface area contributed by atoms with Crippen molar-refractivity contribution in [1.82, 2.24) is 4.98 Å². The third kappa shape index (κ3) is 3.93. The molecule has 0 saturated heterocycles. The van der Waals surface area contributed by atoms with Gasteiger partial charge in [-0.1, -0.05) is 20.8 Å². The van der Waals surface area contributed by atoms with Crippen LogP contribution in [0, 0.1) is 5.41 Å². The number of nitrogens with zero attached hydrogens (tertiary/aromatic N) is 1. The number of Topliss-reactive ketones (excluding diaryl/α,β-unsaturated/α-hetero) is 1. The summed E-state index contributed by atoms with van der Waals surface area (Å²) in [5, 5.41) is 2.19. The Morgan fingerprint density at radius 1 is 1.41 bits per heavy atom. The first-order valence-electron chi connectivity index (χ1n) is 5.49. The molecule has 0 fully saturated rings. The van der Waals surface area contributed by atoms with E-state index in [0.29, 0.717) is 17.3 Å². The van der Waals surface area contributed by atoms with Crippen molar-refractivity contribution in [2.24, 2.45) is 5.41 Å². The molecule has 0 aromatic carbocycles. The third-order valence-corrected chi connectivity index (χ3v) is 2.95. The van der Waals surface area contributed by atoms with Crippen molar-refractivity contribution in [1.29, 1.82) is 0 Å². The minimum Gasteiger partial charge on any atom is -0.466 e. The van der Waals surface area contributed by atoms with Crippen LogP contribution in [-0.2, 0) is 16.0 Å². The number of ether oxygens (including phenoxy) is 1. The molecule has 1 aromatic rings. The fourth-order valence-electron chi connectivity index (χ4n) is 1.17. The van der Waals surface area contributed by atoms with Crippen LogP contribution >= 0.6 is 11.3 Å². The van der Waals surface area contributed by atoms with Gasteiger partial charge in [-0.3, -0.25) is 9.59 Å². The molecule has 0 atom stereocenters. The van der Waals surface area contributed by atoms with Gasteiger partial charge in [-0.2, -0.15) is 0 Å². The summed E-state index contributed by atoms with van der Waals surface area (Å²) in [5.41, 5.74) is 0.153. The molecule has 0 aliphatic carbocycles. The Hall–Kier alpha value is -1.23. The second kappa shape index (κ2) is 5.40. The molecule has 1 heterocycles. The summed E-state index contributed by atoms with van der Waals surface area (Å²) in [6.07, 6.45) is 0.127. The van der Waals surface area contributed by atoms with Gasteiger partial charge in [0.1, 0.15) is 0 Å². The van der Waals surface area contributed by atoms with Crippen molar-refractivity contribution in [3.8, 4) is 0 Å². The van der Waals surface area contributed by atoms with E-state index in [1.165, 1.54) is 11.3 Å². The van der Waals surface area contributed by atoms with Crippen molar-refractivity contribution < 1.29 is 14.3 Å². The molecule has 1 rings (SSSR count). The molecule has 0 saturated carbocycles. The van der Waals surface area contributed by atoms with Crippen molar-refractivity contribution in [2.75, 3.05) is 6.61 Å². The lowest BCUT2D eigenvalue weighted by Crippen LogP contribution is -2.20. The second-order valence-corrected chi connectivity index (χ2v) is 5.56. The zero-order valence-electron chi connectivity index (χ0n) is 10.6. The van der Waals surface area contributed by atoms with Crippen LogP contribution in [0.15, 0.2) is 5.38 Å². The molecule has 0 N–H and O–H groups in total. The minimum atomic E-state index is -0.445. The van der Waals surface area contributed by atoms with E-state index in [0.717, 1.165) is 0 Å². The van der Waals surface area contributed by atoms with Gasteiger partial charge in [0.15, 0.2) is 10.8 Å². The van der Waals surface area contributed by atoms with Crippen LogP contribution in [0.1, 0.15) is 43.2 Å². The SMILES string of the molecule is CCOC(=O)Cc1csc(C(=O)C(C)(C)C)n1. The highest BCUT2D eigenvalue weighted by Gasteiger charge is 2.25. The van der Waals surface area contributed by atoms with E-state index < -0.39 is 5.41 Å². The first-order chi connectivity index (χ1) is 7.84. The van der Waals surface area contributed by atoms with Crippen LogP contribution in [0.2, 0.25) is 0 Å². The molecule has 1 aromatic heterocycles. The molecular formula is C12H17NO3S. The second-order valence-electron chi connectivity index (χ2n) is 4.70. The van der Waals surface area contributed by atoms with E-state index in [1.54, 1.807) is 12.3 Å². The van der Waals surface area contributed by atoms with Gasteiger partial charge >= 0.3 is 5.97 Å². The van der Waals surface area contributed by atoms with Crippen LogP contribution in [-0.4, -0.2) is 23.3 Å². The molecule has 5 heteroatoms. The molecule has 0 spiro atoms. The van der Waals surface area contributed by atoms with Crippen molar-refractivity contribution in [2.45, 2.75) is 34.1 Å². The van der Waals surface area contributed by atoms with Crippen LogP contribution < -0.4 is 0 Å². The van der Waals surface area contributed by atoms with Gasteiger partial charge in [-0.15, -0.1) is 11.3 Å². The van der Waals surface area contributed by atoms with E-state index in [-0.39, 0.29) is 18.2 Å². The molecule has 0 aliphatic rings. The average Bonchev–Trinajstić information content (AvgIpc) is 2.63. The molecule has 17 heavy (non-hydrogen) atoms. The van der Waals surface area contributed by atoms with Crippen LogP contribution in [0.3, 0.4) is 0 Å². The van der Waals surface area contributed by atoms with E-state index in [2.05, 4.69) is 4.98 Å². The van der Waals surface area contributed by atoms with Gasteiger partial charge < -0.3 is 4.74 Å². The van der Waals surface area contributed by atoms with Gasteiger partial charge in [-0.05, 0) is 6.92 Å². The van der Waals surface area contributed by atoms with Crippen molar-refractivity contribution in [3.63, 3.8) is 0 Å². The number of carbonyl (C=O) groups excluding carboxylic acids is 2. The van der Waals surface area contributed by atoms with E-state index in [1.807, 2.05) is 20.8 Å². The number of thiazole rings is 1. The summed E-state index contributed by atoms with van der Waals surface area (Å²) < 4.78 is 4.82. The Morgan fingerprint density at radius 2 is 2.06 bits per heavy atom. The molecule has 0 bridgehead atoms. The topological polar surface area (TPSA) is 56.3 Å². The first-order valence-corrected chi connectivity index (χ1v) is 6.37. The lowest BCUT2D eigenvalue weighted by molar-refractivity contribution is -0.142. The minimum absolute atomic E-state index is 0.00221. The fourth-order valence-corrected chi connectivity index (χ4v) is 2.14. The summed E-state index contributed by atoms with van der Waals surface area (Å²) in [5.74, 6) is -0.315. The van der Waals surface area contributed by atoms with E-state index >= 15 is 0 Å². The molecule has 94 valence electrons. The van der Waals surface area contributed by atoms with Gasteiger partial charge in [0, 0.05) is 10.8 Å². The number of ketones is 1. The Balaban J connectivity index is 2.72. The predicted molar refractivity (Wildman–Crippen MR) is 66.2 cm³/mol. The largest absolute Gasteiger partial charge is 0.466 e. The lowest BCUT2D eigenvalue weighted by atomic mass is 9.91. The summed E-state index contributed by atoms with van der Waals surface area (Å²) >= 11 is 1.28. The fraction of sp³-hybridized carbons (Fsp3) is 0.583. The van der Waals surface area contributed by atoms with Gasteiger partial charge in [0.2, 0.25) is 0 Å². The summed E-state index contributed by atoms with van der Waals surface area (Å²) in [6.45, 7) is 7.66. The number of hydrogen-bond acceptors (Lipinski definition) is 5. The van der Waals surface area contributed by atoms with Crippen LogP contribution in [0.4, 0.5) is 0 Å². The van der Waals surface area contributed by atoms with Gasteiger partial charge in [0.05, 0.1) is 18.7 Å². The maximum absolute atomic E-state index is 11.9. The number of hydrogen-bond donors (Lipinski definition) is 0. The van der Waals surface area contributed by atoms with E-state index in [9.17, 15) is 9.59 Å². The van der Waals surface area contributed by atoms with Crippen molar-refractivity contribution in [3.05, 3.63) is 16.1 Å². The highest BCUT2D eigenvalue weighted by Crippen LogP contribution is 2.23. The summed E-state index contributed by atoms with van der Waals surface area (Å²) in [4.78, 5) is 27.3. The van der Waals surface area contributed by atoms with E-state index in [4.69, 9.17) is 4.74 Å². The Morgan fingerprint density at radius 3 is 2.59 bits per heavy atom. The predicted octanol–water partition coefficient (Wildman–Crippen LogP) is 2.48. The van der Waals surface area contributed by atoms with Gasteiger partial charge in [0.25, 0.3) is 0 Å². The molecule has 0 amide bonds. The van der Waals surface area contributed by atoms with Crippen LogP contribution in [0.25, 0.3) is 0 Å². The maximum Gasteiger partial charge on any atom is 0.311 e. The smallest absolute Gasteiger partial charge is 0.311 e. The normalized spacial score (nSPS) is 11.3. The highest BCUT2D eigenvalue weighted by atomic mass is 32.1. The average molecular weight is 255 g/mol. The van der Waals surface area contributed by atoms with Crippen molar-refractivity contribution >= 4 is 23.1 Å². The highest BCUT2D eigenvalue weighted by molar-refractivity contribution is 7.11. The van der Waals surface area contributed by atoms with Gasteiger partial charge in [-0.25, -0.2) is 4.98 Å². The molecular weight excluding hydrogens is 238 g/mol. The quantitative estimate of drug-likeness (QED) is 0.612. The third-order valence-electron chi connectivity index (χ3n) is 2.06. The Labute approximate surface area is 105 Å². The summed E-state index contributed by atoms with van der Waals surface area (Å²) in [6, 6.07) is 0. The molecule has 0 radical (unpaired) electrons. The Bertz CT molecular complexity index is 418. The molecule has 0 unspecified atom stereocenters. The van der Waals surface area contributed by atoms with Crippen LogP contribution in [0.5, 0.6) is 0 Å². The zero-order chi connectivity index (χ0) is 13.1. The number of rotatable bonds is 4. The standard InChI is InChI=1S/C12H17NO3S/c1-5-16-9(14)6-8-7-17-11(13-8)10(15)12(2,3)4/h7H,5-6H2,1-4H3. The zero-order valence-corrected chi connectivity index (χ0v) is 11.4. The first kappa shape index (κ1) is 13.8. The summed E-state index contributed by atoms with van der Waals surface area (Å²) in [7, 11) is 0. The number of esters is 1. The lowest BCUT2D eigenvalue weighted by Gasteiger charge is -2.13.